The van der Waals surface area contributed by atoms with E-state index in [1.165, 1.54) is 0 Å². The first-order valence-corrected chi connectivity index (χ1v) is 8.11. The van der Waals surface area contributed by atoms with Crippen LogP contribution in [0, 0.1) is 0 Å². The number of aromatic amines is 1. The van der Waals surface area contributed by atoms with Gasteiger partial charge in [0.15, 0.2) is 0 Å². The molecule has 2 aromatic rings. The molecule has 2 aliphatic rings. The molecular formula is C18H22N2O3. The Morgan fingerprint density at radius 1 is 1.26 bits per heavy atom. The van der Waals surface area contributed by atoms with Gasteiger partial charge >= 0.3 is 0 Å². The number of aromatic nitrogens is 1. The first-order valence-electron chi connectivity index (χ1n) is 8.11. The molecule has 2 saturated heterocycles. The number of nitrogens with one attached hydrogen (secondary N) is 1. The summed E-state index contributed by atoms with van der Waals surface area (Å²) in [5, 5.41) is 1.06. The van der Waals surface area contributed by atoms with Crippen LogP contribution in [0.15, 0.2) is 30.5 Å². The number of carbonyl (C=O) groups is 1. The number of benzene rings is 1. The number of rotatable bonds is 1. The van der Waals surface area contributed by atoms with Gasteiger partial charge in [0, 0.05) is 42.2 Å². The average molecular weight is 314 g/mol. The number of H-pyrrole nitrogens is 1. The number of ether oxygens (including phenoxy) is 2. The Morgan fingerprint density at radius 3 is 2.91 bits per heavy atom. The van der Waals surface area contributed by atoms with E-state index in [1.54, 1.807) is 0 Å². The van der Waals surface area contributed by atoms with Crippen molar-refractivity contribution in [2.24, 2.45) is 0 Å². The van der Waals surface area contributed by atoms with Gasteiger partial charge in [-0.3, -0.25) is 4.79 Å². The summed E-state index contributed by atoms with van der Waals surface area (Å²) in [7, 11) is 0. The Labute approximate surface area is 135 Å². The van der Waals surface area contributed by atoms with E-state index in [1.807, 2.05) is 49.2 Å². The number of morpholine rings is 1. The van der Waals surface area contributed by atoms with E-state index >= 15 is 0 Å². The molecule has 1 unspecified atom stereocenters. The van der Waals surface area contributed by atoms with Crippen LogP contribution in [0.5, 0.6) is 0 Å². The third-order valence-electron chi connectivity index (χ3n) is 4.70. The minimum absolute atomic E-state index is 0.0655. The van der Waals surface area contributed by atoms with Crippen molar-refractivity contribution in [2.45, 2.75) is 31.5 Å². The van der Waals surface area contributed by atoms with E-state index in [-0.39, 0.29) is 17.1 Å². The van der Waals surface area contributed by atoms with Crippen LogP contribution in [0.4, 0.5) is 0 Å². The van der Waals surface area contributed by atoms with Crippen LogP contribution in [0.25, 0.3) is 10.9 Å². The van der Waals surface area contributed by atoms with Crippen LogP contribution in [-0.2, 0) is 9.47 Å². The molecule has 1 N–H and O–H groups in total. The maximum Gasteiger partial charge on any atom is 0.254 e. The van der Waals surface area contributed by atoms with Gasteiger partial charge in [0.05, 0.1) is 18.8 Å². The van der Waals surface area contributed by atoms with E-state index in [9.17, 15) is 4.79 Å². The van der Waals surface area contributed by atoms with Crippen molar-refractivity contribution in [1.82, 2.24) is 9.88 Å². The molecule has 0 radical (unpaired) electrons. The lowest BCUT2D eigenvalue weighted by Gasteiger charge is -2.48. The van der Waals surface area contributed by atoms with Gasteiger partial charge in [-0.2, -0.15) is 0 Å². The van der Waals surface area contributed by atoms with Gasteiger partial charge in [-0.05, 0) is 38.1 Å². The number of hydrogen-bond donors (Lipinski definition) is 1. The molecule has 5 nitrogen and oxygen atoms in total. The fourth-order valence-electron chi connectivity index (χ4n) is 3.82. The minimum Gasteiger partial charge on any atom is -0.378 e. The van der Waals surface area contributed by atoms with E-state index in [2.05, 4.69) is 4.98 Å². The Balaban J connectivity index is 1.63. The first kappa shape index (κ1) is 14.7. The highest BCUT2D eigenvalue weighted by atomic mass is 16.6. The molecule has 0 bridgehead atoms. The number of hydrogen-bond acceptors (Lipinski definition) is 3. The summed E-state index contributed by atoms with van der Waals surface area (Å²) in [5.41, 5.74) is 1.06. The fourth-order valence-corrected chi connectivity index (χ4v) is 3.82. The second kappa shape index (κ2) is 5.08. The molecule has 1 spiro atoms. The zero-order chi connectivity index (χ0) is 16.1. The van der Waals surface area contributed by atoms with Gasteiger partial charge in [0.25, 0.3) is 5.91 Å². The predicted molar refractivity (Wildman–Crippen MR) is 87.5 cm³/mol. The molecule has 2 fully saturated rings. The summed E-state index contributed by atoms with van der Waals surface area (Å²) in [6.45, 7) is 6.55. The normalized spacial score (nSPS) is 27.0. The molecular weight excluding hydrogens is 292 g/mol. The second-order valence-electron chi connectivity index (χ2n) is 7.29. The lowest BCUT2D eigenvalue weighted by atomic mass is 9.94. The largest absolute Gasteiger partial charge is 0.378 e. The summed E-state index contributed by atoms with van der Waals surface area (Å²) in [5.74, 6) is 0.0655. The van der Waals surface area contributed by atoms with Crippen LogP contribution in [0.3, 0.4) is 0 Å². The maximum atomic E-state index is 13.0. The summed E-state index contributed by atoms with van der Waals surface area (Å²) in [4.78, 5) is 18.1. The summed E-state index contributed by atoms with van der Waals surface area (Å²) < 4.78 is 11.8. The van der Waals surface area contributed by atoms with Crippen molar-refractivity contribution >= 4 is 16.8 Å². The first-order chi connectivity index (χ1) is 11.0. The standard InChI is InChI=1S/C18H22N2O3/c1-17(2)10-20(11-18(23-17)6-8-22-12-18)16(21)14-3-4-15-13(9-14)5-7-19-15/h3-5,7,9,19H,6,8,10-12H2,1-2H3. The minimum atomic E-state index is -0.361. The van der Waals surface area contributed by atoms with Gasteiger partial charge in [-0.15, -0.1) is 0 Å². The molecule has 122 valence electrons. The molecule has 1 atom stereocenters. The Kier molecular flexibility index (Phi) is 3.25. The molecule has 1 aromatic carbocycles. The number of fused-ring (bicyclic) bond motifs is 1. The van der Waals surface area contributed by atoms with Crippen LogP contribution < -0.4 is 0 Å². The van der Waals surface area contributed by atoms with E-state index in [0.29, 0.717) is 26.3 Å². The predicted octanol–water partition coefficient (Wildman–Crippen LogP) is 2.58. The smallest absolute Gasteiger partial charge is 0.254 e. The fraction of sp³-hybridized carbons (Fsp3) is 0.500. The lowest BCUT2D eigenvalue weighted by Crippen LogP contribution is -2.61. The Bertz CT molecular complexity index is 744. The van der Waals surface area contributed by atoms with Gasteiger partial charge in [-0.25, -0.2) is 0 Å². The van der Waals surface area contributed by atoms with Crippen molar-refractivity contribution in [3.8, 4) is 0 Å². The van der Waals surface area contributed by atoms with Crippen LogP contribution in [0.1, 0.15) is 30.6 Å². The SMILES string of the molecule is CC1(C)CN(C(=O)c2ccc3[nH]ccc3c2)CC2(CCOC2)O1. The van der Waals surface area contributed by atoms with Crippen molar-refractivity contribution in [1.29, 1.82) is 0 Å². The zero-order valence-corrected chi connectivity index (χ0v) is 13.6. The highest BCUT2D eigenvalue weighted by Crippen LogP contribution is 2.35. The molecule has 3 heterocycles. The molecule has 1 aromatic heterocycles. The van der Waals surface area contributed by atoms with Gasteiger partial charge < -0.3 is 19.4 Å². The molecule has 23 heavy (non-hydrogen) atoms. The number of nitrogens with zero attached hydrogens (tertiary/aromatic N) is 1. The average Bonchev–Trinajstić information content (AvgIpc) is 3.13. The number of carbonyl (C=O) groups excluding carboxylic acids is 1. The molecule has 2 aliphatic heterocycles. The Hall–Kier alpha value is -1.85. The quantitative estimate of drug-likeness (QED) is 0.880. The van der Waals surface area contributed by atoms with E-state index < -0.39 is 0 Å². The number of amides is 1. The van der Waals surface area contributed by atoms with E-state index in [0.717, 1.165) is 22.9 Å². The summed E-state index contributed by atoms with van der Waals surface area (Å²) in [6.07, 6.45) is 2.73. The van der Waals surface area contributed by atoms with Gasteiger partial charge in [0.2, 0.25) is 0 Å². The molecule has 5 heteroatoms. The van der Waals surface area contributed by atoms with Crippen molar-refractivity contribution in [3.63, 3.8) is 0 Å². The zero-order valence-electron chi connectivity index (χ0n) is 13.6. The van der Waals surface area contributed by atoms with Crippen LogP contribution in [0.2, 0.25) is 0 Å². The van der Waals surface area contributed by atoms with Gasteiger partial charge in [-0.1, -0.05) is 0 Å². The highest BCUT2D eigenvalue weighted by molar-refractivity contribution is 5.98. The molecule has 4 rings (SSSR count). The molecule has 0 aliphatic carbocycles. The van der Waals surface area contributed by atoms with Crippen molar-refractivity contribution < 1.29 is 14.3 Å². The maximum absolute atomic E-state index is 13.0. The summed E-state index contributed by atoms with van der Waals surface area (Å²) >= 11 is 0. The second-order valence-corrected chi connectivity index (χ2v) is 7.29. The third-order valence-corrected chi connectivity index (χ3v) is 4.70. The van der Waals surface area contributed by atoms with Gasteiger partial charge in [0.1, 0.15) is 5.60 Å². The third kappa shape index (κ3) is 2.64. The molecule has 0 saturated carbocycles. The topological polar surface area (TPSA) is 54.6 Å². The monoisotopic (exact) mass is 314 g/mol. The molecule has 1 amide bonds. The van der Waals surface area contributed by atoms with E-state index in [4.69, 9.17) is 9.47 Å². The van der Waals surface area contributed by atoms with Crippen LogP contribution in [-0.4, -0.2) is 53.3 Å². The highest BCUT2D eigenvalue weighted by Gasteiger charge is 2.48. The lowest BCUT2D eigenvalue weighted by molar-refractivity contribution is -0.186. The van der Waals surface area contributed by atoms with Crippen molar-refractivity contribution in [3.05, 3.63) is 36.0 Å². The summed E-state index contributed by atoms with van der Waals surface area (Å²) in [6, 6.07) is 7.79. The Morgan fingerprint density at radius 2 is 2.13 bits per heavy atom. The van der Waals surface area contributed by atoms with Crippen molar-refractivity contribution in [2.75, 3.05) is 26.3 Å². The van der Waals surface area contributed by atoms with Crippen LogP contribution >= 0.6 is 0 Å².